The molecule has 1 amide bonds. The molecule has 158 valence electrons. The maximum absolute atomic E-state index is 12.6. The Hall–Kier alpha value is -4.47. The van der Waals surface area contributed by atoms with Gasteiger partial charge in [-0.2, -0.15) is 0 Å². The summed E-state index contributed by atoms with van der Waals surface area (Å²) in [6, 6.07) is 16.4. The molecule has 0 bridgehead atoms. The molecule has 0 aliphatic heterocycles. The molecule has 3 rings (SSSR count). The van der Waals surface area contributed by atoms with E-state index >= 15 is 0 Å². The lowest BCUT2D eigenvalue weighted by molar-refractivity contribution is -0.386. The Kier molecular flexibility index (Phi) is 6.41. The Morgan fingerprint density at radius 1 is 1.10 bits per heavy atom. The molecule has 1 aromatic heterocycles. The molecule has 0 fully saturated rings. The number of amides is 1. The van der Waals surface area contributed by atoms with E-state index in [1.54, 1.807) is 48.5 Å². The Morgan fingerprint density at radius 3 is 2.45 bits per heavy atom. The third-order valence-corrected chi connectivity index (χ3v) is 4.13. The number of hydrogen-bond donors (Lipinski definition) is 1. The highest BCUT2D eigenvalue weighted by atomic mass is 16.6. The second-order valence-electron chi connectivity index (χ2n) is 6.26. The molecule has 1 heterocycles. The zero-order valence-electron chi connectivity index (χ0n) is 16.3. The second-order valence-corrected chi connectivity index (χ2v) is 6.26. The van der Waals surface area contributed by atoms with Gasteiger partial charge in [0.05, 0.1) is 23.3 Å². The van der Waals surface area contributed by atoms with E-state index in [1.807, 2.05) is 6.07 Å². The van der Waals surface area contributed by atoms with E-state index in [9.17, 15) is 24.5 Å². The van der Waals surface area contributed by atoms with E-state index in [0.29, 0.717) is 17.2 Å². The van der Waals surface area contributed by atoms with Gasteiger partial charge in [0.15, 0.2) is 5.75 Å². The Bertz CT molecular complexity index is 1190. The van der Waals surface area contributed by atoms with Gasteiger partial charge in [-0.15, -0.1) is 0 Å². The highest BCUT2D eigenvalue weighted by Crippen LogP contribution is 2.29. The first kappa shape index (κ1) is 21.2. The number of methoxy groups -OCH3 is 1. The van der Waals surface area contributed by atoms with Gasteiger partial charge in [-0.1, -0.05) is 30.3 Å². The van der Waals surface area contributed by atoms with Gasteiger partial charge in [0.1, 0.15) is 12.3 Å². The zero-order valence-corrected chi connectivity index (χ0v) is 16.3. The van der Waals surface area contributed by atoms with Gasteiger partial charge >= 0.3 is 17.2 Å². The molecule has 10 heteroatoms. The van der Waals surface area contributed by atoms with Gasteiger partial charge in [-0.25, -0.2) is 4.79 Å². The Morgan fingerprint density at radius 2 is 1.77 bits per heavy atom. The van der Waals surface area contributed by atoms with Crippen LogP contribution < -0.4 is 15.6 Å². The van der Waals surface area contributed by atoms with Crippen molar-refractivity contribution in [3.63, 3.8) is 0 Å². The fourth-order valence-electron chi connectivity index (χ4n) is 2.72. The molecular formula is C21H17N3O7. The number of nitro groups is 1. The van der Waals surface area contributed by atoms with Crippen molar-refractivity contribution in [1.29, 1.82) is 0 Å². The standard InChI is InChI=1S/C21H17N3O7/c1-30-21(27)14-11-17(24(28)29)20(26)23(12-14)13-19(25)22-16-9-5-6-10-18(16)31-15-7-3-2-4-8-15/h2-12H,13H2,1H3,(H,22,25). The molecule has 0 aliphatic carbocycles. The van der Waals surface area contributed by atoms with E-state index in [0.717, 1.165) is 23.9 Å². The number of hydrogen-bond acceptors (Lipinski definition) is 7. The largest absolute Gasteiger partial charge is 0.465 e. The minimum atomic E-state index is -1.03. The third-order valence-electron chi connectivity index (χ3n) is 4.13. The van der Waals surface area contributed by atoms with E-state index in [4.69, 9.17) is 4.74 Å². The third kappa shape index (κ3) is 5.12. The molecule has 0 atom stereocenters. The molecule has 0 saturated heterocycles. The minimum absolute atomic E-state index is 0.227. The number of pyridine rings is 1. The van der Waals surface area contributed by atoms with Crippen molar-refractivity contribution in [2.24, 2.45) is 0 Å². The van der Waals surface area contributed by atoms with Crippen molar-refractivity contribution < 1.29 is 24.0 Å². The maximum Gasteiger partial charge on any atom is 0.339 e. The van der Waals surface area contributed by atoms with E-state index in [-0.39, 0.29) is 5.56 Å². The normalized spacial score (nSPS) is 10.2. The lowest BCUT2D eigenvalue weighted by Gasteiger charge is -2.13. The summed E-state index contributed by atoms with van der Waals surface area (Å²) in [6.07, 6.45) is 1.03. The number of carbonyl (C=O) groups is 2. The fourth-order valence-corrected chi connectivity index (χ4v) is 2.72. The molecule has 3 aromatic rings. The Labute approximate surface area is 175 Å². The van der Waals surface area contributed by atoms with Gasteiger partial charge < -0.3 is 14.8 Å². The summed E-state index contributed by atoms with van der Waals surface area (Å²) in [5, 5.41) is 13.8. The molecule has 2 aromatic carbocycles. The van der Waals surface area contributed by atoms with Crippen LogP contribution in [0.1, 0.15) is 10.4 Å². The van der Waals surface area contributed by atoms with Gasteiger partial charge in [0.25, 0.3) is 0 Å². The molecule has 0 unspecified atom stereocenters. The quantitative estimate of drug-likeness (QED) is 0.351. The van der Waals surface area contributed by atoms with Crippen molar-refractivity contribution in [3.05, 3.63) is 92.9 Å². The number of ether oxygens (including phenoxy) is 2. The molecule has 10 nitrogen and oxygen atoms in total. The first-order valence-corrected chi connectivity index (χ1v) is 8.98. The predicted molar refractivity (Wildman–Crippen MR) is 110 cm³/mol. The molecule has 0 saturated carbocycles. The molecular weight excluding hydrogens is 406 g/mol. The number of nitrogens with zero attached hydrogens (tertiary/aromatic N) is 2. The molecule has 0 spiro atoms. The van der Waals surface area contributed by atoms with Crippen LogP contribution in [0.25, 0.3) is 0 Å². The first-order chi connectivity index (χ1) is 14.9. The molecule has 1 N–H and O–H groups in total. The number of carbonyl (C=O) groups excluding carboxylic acids is 2. The van der Waals surface area contributed by atoms with Crippen LogP contribution in [-0.4, -0.2) is 28.5 Å². The summed E-state index contributed by atoms with van der Waals surface area (Å²) in [5.74, 6) is -0.605. The lowest BCUT2D eigenvalue weighted by Crippen LogP contribution is -2.29. The number of nitrogens with one attached hydrogen (secondary N) is 1. The molecule has 0 radical (unpaired) electrons. The number of anilines is 1. The number of benzene rings is 2. The average Bonchev–Trinajstić information content (AvgIpc) is 2.76. The monoisotopic (exact) mass is 423 g/mol. The van der Waals surface area contributed by atoms with E-state index in [2.05, 4.69) is 10.1 Å². The van der Waals surface area contributed by atoms with E-state index in [1.165, 1.54) is 0 Å². The number of para-hydroxylation sites is 3. The topological polar surface area (TPSA) is 130 Å². The van der Waals surface area contributed by atoms with Gasteiger partial charge in [0.2, 0.25) is 5.91 Å². The van der Waals surface area contributed by atoms with Crippen LogP contribution in [0.5, 0.6) is 11.5 Å². The van der Waals surface area contributed by atoms with Gasteiger partial charge in [-0.3, -0.25) is 24.3 Å². The predicted octanol–water partition coefficient (Wildman–Crippen LogP) is 2.97. The number of rotatable bonds is 7. The van der Waals surface area contributed by atoms with Gasteiger partial charge in [-0.05, 0) is 24.3 Å². The summed E-state index contributed by atoms with van der Waals surface area (Å²) in [7, 11) is 1.10. The van der Waals surface area contributed by atoms with Crippen molar-refractivity contribution >= 4 is 23.3 Å². The number of aromatic nitrogens is 1. The highest BCUT2D eigenvalue weighted by Gasteiger charge is 2.21. The van der Waals surface area contributed by atoms with Crippen molar-refractivity contribution in [2.75, 3.05) is 12.4 Å². The smallest absolute Gasteiger partial charge is 0.339 e. The molecule has 0 aliphatic rings. The van der Waals surface area contributed by atoms with Crippen molar-refractivity contribution in [2.45, 2.75) is 6.54 Å². The summed E-state index contributed by atoms with van der Waals surface area (Å²) >= 11 is 0. The minimum Gasteiger partial charge on any atom is -0.465 e. The lowest BCUT2D eigenvalue weighted by atomic mass is 10.2. The Balaban J connectivity index is 1.85. The zero-order chi connectivity index (χ0) is 22.4. The second kappa shape index (κ2) is 9.35. The van der Waals surface area contributed by atoms with Crippen molar-refractivity contribution in [1.82, 2.24) is 4.57 Å². The molecule has 31 heavy (non-hydrogen) atoms. The fraction of sp³-hybridized carbons (Fsp3) is 0.0952. The highest BCUT2D eigenvalue weighted by molar-refractivity contribution is 5.93. The van der Waals surface area contributed by atoms with Crippen LogP contribution in [0.2, 0.25) is 0 Å². The van der Waals surface area contributed by atoms with E-state index < -0.39 is 34.6 Å². The van der Waals surface area contributed by atoms with Crippen molar-refractivity contribution in [3.8, 4) is 11.5 Å². The van der Waals surface area contributed by atoms with Crippen LogP contribution in [0.15, 0.2) is 71.7 Å². The average molecular weight is 423 g/mol. The van der Waals surface area contributed by atoms with Crippen LogP contribution in [0.4, 0.5) is 11.4 Å². The van der Waals surface area contributed by atoms with Gasteiger partial charge in [0, 0.05) is 12.3 Å². The van der Waals surface area contributed by atoms with Crippen LogP contribution in [0.3, 0.4) is 0 Å². The summed E-state index contributed by atoms with van der Waals surface area (Å²) in [5.41, 5.74) is -1.76. The summed E-state index contributed by atoms with van der Waals surface area (Å²) in [4.78, 5) is 46.9. The van der Waals surface area contributed by atoms with Crippen LogP contribution in [-0.2, 0) is 16.1 Å². The van der Waals surface area contributed by atoms with Crippen LogP contribution in [0, 0.1) is 10.1 Å². The summed E-state index contributed by atoms with van der Waals surface area (Å²) < 4.78 is 11.1. The van der Waals surface area contributed by atoms with Crippen LogP contribution >= 0.6 is 0 Å². The number of esters is 1. The summed E-state index contributed by atoms with van der Waals surface area (Å²) in [6.45, 7) is -0.565. The SMILES string of the molecule is COC(=O)c1cc([N+](=O)[O-])c(=O)n(CC(=O)Nc2ccccc2Oc2ccccc2)c1. The maximum atomic E-state index is 12.6. The first-order valence-electron chi connectivity index (χ1n) is 8.98.